The highest BCUT2D eigenvalue weighted by atomic mass is 19.1. The van der Waals surface area contributed by atoms with E-state index in [1.165, 1.54) is 12.1 Å². The summed E-state index contributed by atoms with van der Waals surface area (Å²) in [5, 5.41) is 2.85. The van der Waals surface area contributed by atoms with E-state index in [0.717, 1.165) is 25.0 Å². The van der Waals surface area contributed by atoms with Crippen molar-refractivity contribution in [2.45, 2.75) is 31.9 Å². The predicted molar refractivity (Wildman–Crippen MR) is 86.1 cm³/mol. The summed E-state index contributed by atoms with van der Waals surface area (Å²) < 4.78 is 24.3. The number of hydrogen-bond acceptors (Lipinski definition) is 4. The Balaban J connectivity index is 1.60. The highest BCUT2D eigenvalue weighted by Gasteiger charge is 2.19. The molecule has 0 spiro atoms. The number of carbonyl (C=O) groups excluding carboxylic acids is 1. The average Bonchev–Trinajstić information content (AvgIpc) is 3.07. The van der Waals surface area contributed by atoms with Crippen LogP contribution in [0.4, 0.5) is 4.39 Å². The third kappa shape index (κ3) is 4.52. The number of amides is 1. The van der Waals surface area contributed by atoms with Gasteiger partial charge < -0.3 is 14.8 Å². The second kappa shape index (κ2) is 7.88. The van der Waals surface area contributed by atoms with Gasteiger partial charge in [-0.15, -0.1) is 0 Å². The van der Waals surface area contributed by atoms with E-state index in [0.29, 0.717) is 24.6 Å². The Bertz CT molecular complexity index is 702. The fourth-order valence-electron chi connectivity index (χ4n) is 2.57. The number of halogens is 1. The van der Waals surface area contributed by atoms with E-state index in [4.69, 9.17) is 9.47 Å². The molecule has 0 unspecified atom stereocenters. The van der Waals surface area contributed by atoms with Crippen LogP contribution in [-0.4, -0.2) is 23.6 Å². The number of carbonyl (C=O) groups is 1. The van der Waals surface area contributed by atoms with Gasteiger partial charge in [-0.3, -0.25) is 4.79 Å². The molecule has 6 heteroatoms. The molecule has 1 aliphatic rings. The zero-order chi connectivity index (χ0) is 16.8. The Morgan fingerprint density at radius 1 is 1.38 bits per heavy atom. The highest BCUT2D eigenvalue weighted by molar-refractivity contribution is 5.76. The number of hydrogen-bond donors (Lipinski definition) is 1. The molecule has 0 saturated carbocycles. The first-order valence-corrected chi connectivity index (χ1v) is 7.96. The number of benzene rings is 1. The van der Waals surface area contributed by atoms with Gasteiger partial charge in [-0.05, 0) is 31.0 Å². The van der Waals surface area contributed by atoms with E-state index in [-0.39, 0.29) is 17.8 Å². The molecule has 126 valence electrons. The van der Waals surface area contributed by atoms with Gasteiger partial charge in [0, 0.05) is 31.0 Å². The zero-order valence-corrected chi connectivity index (χ0v) is 13.2. The minimum absolute atomic E-state index is 0.0157. The fraction of sp³-hybridized carbons (Fsp3) is 0.333. The molecule has 1 saturated heterocycles. The number of pyridine rings is 1. The van der Waals surface area contributed by atoms with Crippen molar-refractivity contribution in [3.05, 3.63) is 54.0 Å². The normalized spacial score (nSPS) is 16.8. The smallest absolute Gasteiger partial charge is 0.224 e. The third-order valence-electron chi connectivity index (χ3n) is 3.77. The number of nitrogens with zero attached hydrogens (tertiary/aromatic N) is 1. The first-order chi connectivity index (χ1) is 11.7. The van der Waals surface area contributed by atoms with Crippen LogP contribution in [-0.2, 0) is 16.1 Å². The van der Waals surface area contributed by atoms with Crippen molar-refractivity contribution in [1.82, 2.24) is 10.3 Å². The van der Waals surface area contributed by atoms with Gasteiger partial charge in [0.25, 0.3) is 0 Å². The first kappa shape index (κ1) is 16.4. The van der Waals surface area contributed by atoms with Gasteiger partial charge in [0.2, 0.25) is 11.8 Å². The number of rotatable bonds is 6. The van der Waals surface area contributed by atoms with Crippen molar-refractivity contribution in [3.8, 4) is 11.6 Å². The van der Waals surface area contributed by atoms with Crippen LogP contribution in [0.15, 0.2) is 42.6 Å². The Kier molecular flexibility index (Phi) is 5.38. The van der Waals surface area contributed by atoms with Crippen LogP contribution in [0.1, 0.15) is 24.8 Å². The number of nitrogens with one attached hydrogen (secondary N) is 1. The van der Waals surface area contributed by atoms with Gasteiger partial charge in [-0.2, -0.15) is 0 Å². The summed E-state index contributed by atoms with van der Waals surface area (Å²) in [6.45, 7) is 1.02. The lowest BCUT2D eigenvalue weighted by Gasteiger charge is -2.12. The molecule has 5 nitrogen and oxygen atoms in total. The van der Waals surface area contributed by atoms with Crippen LogP contribution < -0.4 is 10.1 Å². The molecule has 1 fully saturated rings. The number of aromatic nitrogens is 1. The molecule has 0 radical (unpaired) electrons. The maximum absolute atomic E-state index is 13.2. The molecule has 2 aromatic rings. The largest absolute Gasteiger partial charge is 0.439 e. The van der Waals surface area contributed by atoms with Gasteiger partial charge in [-0.25, -0.2) is 9.37 Å². The summed E-state index contributed by atoms with van der Waals surface area (Å²) >= 11 is 0. The van der Waals surface area contributed by atoms with Crippen LogP contribution in [0, 0.1) is 5.82 Å². The lowest BCUT2D eigenvalue weighted by Crippen LogP contribution is -2.27. The van der Waals surface area contributed by atoms with Crippen molar-refractivity contribution >= 4 is 5.91 Å². The van der Waals surface area contributed by atoms with Crippen LogP contribution in [0.5, 0.6) is 11.6 Å². The van der Waals surface area contributed by atoms with Crippen LogP contribution in [0.2, 0.25) is 0 Å². The van der Waals surface area contributed by atoms with Crippen LogP contribution in [0.3, 0.4) is 0 Å². The molecular weight excluding hydrogens is 311 g/mol. The van der Waals surface area contributed by atoms with Crippen LogP contribution >= 0.6 is 0 Å². The van der Waals surface area contributed by atoms with Crippen molar-refractivity contribution in [1.29, 1.82) is 0 Å². The van der Waals surface area contributed by atoms with Crippen LogP contribution in [0.25, 0.3) is 0 Å². The molecule has 0 bridgehead atoms. The minimum Gasteiger partial charge on any atom is -0.439 e. The maximum atomic E-state index is 13.2. The zero-order valence-electron chi connectivity index (χ0n) is 13.2. The molecule has 0 aliphatic carbocycles. The molecule has 1 amide bonds. The van der Waals surface area contributed by atoms with Crippen molar-refractivity contribution in [2.75, 3.05) is 6.61 Å². The molecule has 1 N–H and O–H groups in total. The second-order valence-corrected chi connectivity index (χ2v) is 5.64. The van der Waals surface area contributed by atoms with Gasteiger partial charge in [-0.1, -0.05) is 12.1 Å². The Labute approximate surface area is 139 Å². The van der Waals surface area contributed by atoms with Gasteiger partial charge in [0.05, 0.1) is 12.5 Å². The summed E-state index contributed by atoms with van der Waals surface area (Å²) in [6.07, 6.45) is 3.90. The molecule has 24 heavy (non-hydrogen) atoms. The summed E-state index contributed by atoms with van der Waals surface area (Å²) in [7, 11) is 0. The molecule has 1 aliphatic heterocycles. The molecule has 3 rings (SSSR count). The quantitative estimate of drug-likeness (QED) is 0.883. The maximum Gasteiger partial charge on any atom is 0.224 e. The summed E-state index contributed by atoms with van der Waals surface area (Å²) in [5.41, 5.74) is 0.724. The molecular formula is C18H19FN2O3. The van der Waals surface area contributed by atoms with E-state index in [1.54, 1.807) is 24.4 Å². The Hall–Kier alpha value is -2.47. The molecule has 1 atom stereocenters. The molecule has 2 heterocycles. The lowest BCUT2D eigenvalue weighted by molar-refractivity contribution is -0.123. The van der Waals surface area contributed by atoms with E-state index >= 15 is 0 Å². The van der Waals surface area contributed by atoms with E-state index in [2.05, 4.69) is 10.3 Å². The second-order valence-electron chi connectivity index (χ2n) is 5.64. The van der Waals surface area contributed by atoms with Gasteiger partial charge in [0.1, 0.15) is 11.6 Å². The van der Waals surface area contributed by atoms with Crippen molar-refractivity contribution in [2.24, 2.45) is 0 Å². The average molecular weight is 330 g/mol. The first-order valence-electron chi connectivity index (χ1n) is 7.96. The van der Waals surface area contributed by atoms with Gasteiger partial charge in [0.15, 0.2) is 0 Å². The van der Waals surface area contributed by atoms with E-state index in [9.17, 15) is 9.18 Å². The predicted octanol–water partition coefficient (Wildman–Crippen LogP) is 3.20. The minimum atomic E-state index is -0.380. The summed E-state index contributed by atoms with van der Waals surface area (Å²) in [4.78, 5) is 16.1. The summed E-state index contributed by atoms with van der Waals surface area (Å²) in [6, 6.07) is 9.42. The monoisotopic (exact) mass is 330 g/mol. The highest BCUT2D eigenvalue weighted by Crippen LogP contribution is 2.23. The van der Waals surface area contributed by atoms with Gasteiger partial charge >= 0.3 is 0 Å². The molecule has 1 aromatic carbocycles. The Morgan fingerprint density at radius 3 is 3.08 bits per heavy atom. The fourth-order valence-corrected chi connectivity index (χ4v) is 2.57. The topological polar surface area (TPSA) is 60.5 Å². The van der Waals surface area contributed by atoms with Crippen molar-refractivity contribution in [3.63, 3.8) is 0 Å². The lowest BCUT2D eigenvalue weighted by atomic mass is 10.1. The van der Waals surface area contributed by atoms with E-state index < -0.39 is 0 Å². The SMILES string of the molecule is O=C(C[C@@H]1CCCO1)NCc1cccnc1Oc1cccc(F)c1. The van der Waals surface area contributed by atoms with E-state index in [1.807, 2.05) is 6.07 Å². The standard InChI is InChI=1S/C18H19FN2O3/c19-14-5-1-6-16(10-14)24-18-13(4-2-8-20-18)12-21-17(22)11-15-7-3-9-23-15/h1-2,4-6,8,10,15H,3,7,9,11-12H2,(H,21,22)/t15-/m0/s1. The third-order valence-corrected chi connectivity index (χ3v) is 3.77. The number of ether oxygens (including phenoxy) is 2. The summed E-state index contributed by atoms with van der Waals surface area (Å²) in [5.74, 6) is 0.262. The Morgan fingerprint density at radius 2 is 2.29 bits per heavy atom. The molecule has 1 aromatic heterocycles. The van der Waals surface area contributed by atoms with Crippen molar-refractivity contribution < 1.29 is 18.7 Å².